The Morgan fingerprint density at radius 2 is 1.61 bits per heavy atom. The molecule has 4 aromatic rings. The first-order valence-corrected chi connectivity index (χ1v) is 10.7. The van der Waals surface area contributed by atoms with Crippen molar-refractivity contribution in [3.05, 3.63) is 98.5 Å². The van der Waals surface area contributed by atoms with E-state index < -0.39 is 11.4 Å². The van der Waals surface area contributed by atoms with Gasteiger partial charge in [0.1, 0.15) is 11.4 Å². The van der Waals surface area contributed by atoms with Gasteiger partial charge in [-0.25, -0.2) is 0 Å². The van der Waals surface area contributed by atoms with E-state index in [1.165, 1.54) is 16.2 Å². The molecule has 7 nitrogen and oxygen atoms in total. The molecule has 0 spiro atoms. The summed E-state index contributed by atoms with van der Waals surface area (Å²) in [6.45, 7) is 1.94. The van der Waals surface area contributed by atoms with Crippen LogP contribution < -0.4 is 10.3 Å². The van der Waals surface area contributed by atoms with Gasteiger partial charge in [0.2, 0.25) is 11.6 Å². The number of aryl methyl sites for hydroxylation is 1. The molecule has 0 aliphatic carbocycles. The fourth-order valence-corrected chi connectivity index (χ4v) is 3.85. The van der Waals surface area contributed by atoms with Gasteiger partial charge in [0.05, 0.1) is 23.5 Å². The number of halogens is 1. The van der Waals surface area contributed by atoms with E-state index in [0.29, 0.717) is 27.8 Å². The van der Waals surface area contributed by atoms with E-state index in [1.807, 2.05) is 19.1 Å². The Kier molecular flexibility index (Phi) is 6.39. The summed E-state index contributed by atoms with van der Waals surface area (Å²) in [5, 5.41) is 19.7. The highest BCUT2D eigenvalue weighted by Crippen LogP contribution is 2.33. The van der Waals surface area contributed by atoms with Crippen molar-refractivity contribution in [2.75, 3.05) is 7.11 Å². The number of azo groups is 1. The second-order valence-corrected chi connectivity index (χ2v) is 7.86. The second kappa shape index (κ2) is 9.40. The number of ether oxygens (including phenoxy) is 1. The van der Waals surface area contributed by atoms with Gasteiger partial charge >= 0.3 is 0 Å². The van der Waals surface area contributed by atoms with Gasteiger partial charge in [-0.05, 0) is 55.5 Å². The summed E-state index contributed by atoms with van der Waals surface area (Å²) in [4.78, 5) is 13.4. The van der Waals surface area contributed by atoms with Gasteiger partial charge in [-0.1, -0.05) is 53.6 Å². The molecule has 0 saturated heterocycles. The summed E-state index contributed by atoms with van der Waals surface area (Å²) < 4.78 is 7.91. The van der Waals surface area contributed by atoms with Crippen LogP contribution >= 0.6 is 23.8 Å². The zero-order valence-electron chi connectivity index (χ0n) is 17.8. The molecule has 33 heavy (non-hydrogen) atoms. The Bertz CT molecular complexity index is 1480. The molecule has 0 saturated carbocycles. The van der Waals surface area contributed by atoms with Crippen LogP contribution in [-0.2, 0) is 0 Å². The molecular weight excluding hydrogens is 460 g/mol. The first-order chi connectivity index (χ1) is 15.9. The number of benzene rings is 3. The van der Waals surface area contributed by atoms with Crippen LogP contribution in [0.1, 0.15) is 5.56 Å². The molecule has 0 bridgehead atoms. The topological polar surface area (TPSA) is 81.1 Å². The largest absolute Gasteiger partial charge is 0.494 e. The molecule has 0 atom stereocenters. The van der Waals surface area contributed by atoms with E-state index in [0.717, 1.165) is 5.56 Å². The molecular formula is C24H19ClN4O3S. The molecule has 0 radical (unpaired) electrons. The molecule has 1 heterocycles. The molecule has 9 heteroatoms. The van der Waals surface area contributed by atoms with E-state index >= 15 is 0 Å². The summed E-state index contributed by atoms with van der Waals surface area (Å²) >= 11 is 12.0. The highest BCUT2D eigenvalue weighted by molar-refractivity contribution is 7.71. The highest BCUT2D eigenvalue weighted by Gasteiger charge is 2.20. The van der Waals surface area contributed by atoms with Crippen LogP contribution in [0.15, 0.2) is 87.8 Å². The first kappa shape index (κ1) is 22.4. The summed E-state index contributed by atoms with van der Waals surface area (Å²) in [6, 6.07) is 21.1. The third-order valence-corrected chi connectivity index (χ3v) is 5.63. The maximum atomic E-state index is 13.4. The quantitative estimate of drug-likeness (QED) is 0.264. The van der Waals surface area contributed by atoms with E-state index in [1.54, 1.807) is 60.7 Å². The molecule has 3 aromatic carbocycles. The predicted molar refractivity (Wildman–Crippen MR) is 131 cm³/mol. The lowest BCUT2D eigenvalue weighted by atomic mass is 10.2. The second-order valence-electron chi connectivity index (χ2n) is 7.09. The van der Waals surface area contributed by atoms with Crippen molar-refractivity contribution in [1.82, 2.24) is 9.13 Å². The van der Waals surface area contributed by atoms with Crippen LogP contribution in [0.4, 0.5) is 11.4 Å². The van der Waals surface area contributed by atoms with E-state index in [9.17, 15) is 9.90 Å². The van der Waals surface area contributed by atoms with Gasteiger partial charge in [-0.15, -0.1) is 10.2 Å². The van der Waals surface area contributed by atoms with Crippen molar-refractivity contribution in [1.29, 1.82) is 0 Å². The molecule has 0 fully saturated rings. The monoisotopic (exact) mass is 478 g/mol. The third-order valence-electron chi connectivity index (χ3n) is 4.94. The molecule has 0 aliphatic heterocycles. The molecule has 4 rings (SSSR count). The average Bonchev–Trinajstić information content (AvgIpc) is 2.81. The molecule has 1 aromatic heterocycles. The van der Waals surface area contributed by atoms with Gasteiger partial charge in [0.25, 0.3) is 5.56 Å². The van der Waals surface area contributed by atoms with Crippen LogP contribution in [-0.4, -0.2) is 21.4 Å². The lowest BCUT2D eigenvalue weighted by molar-refractivity contribution is 0.415. The van der Waals surface area contributed by atoms with Crippen LogP contribution in [0, 0.1) is 11.7 Å². The number of rotatable bonds is 5. The molecule has 0 unspecified atom stereocenters. The first-order valence-electron chi connectivity index (χ1n) is 9.90. The Morgan fingerprint density at radius 3 is 2.30 bits per heavy atom. The van der Waals surface area contributed by atoms with Crippen molar-refractivity contribution in [3.8, 4) is 23.0 Å². The standard InChI is InChI=1S/C24H19ClN4O3S/c1-15-11-13-16(14-12-15)28-22(30)21(27-26-18-8-4-6-10-20(18)32-2)23(31)29(24(28)33)19-9-5-3-7-17(19)25/h3-14,31H,1-2H3. The van der Waals surface area contributed by atoms with Crippen molar-refractivity contribution in [2.24, 2.45) is 10.2 Å². The molecule has 0 amide bonds. The summed E-state index contributed by atoms with van der Waals surface area (Å²) in [7, 11) is 1.51. The fraction of sp³-hybridized carbons (Fsp3) is 0.0833. The van der Waals surface area contributed by atoms with E-state index in [2.05, 4.69) is 10.2 Å². The SMILES string of the molecule is COc1ccccc1N=Nc1c(O)n(-c2ccccc2Cl)c(=S)n(-c2ccc(C)cc2)c1=O. The van der Waals surface area contributed by atoms with Crippen molar-refractivity contribution in [3.63, 3.8) is 0 Å². The third kappa shape index (κ3) is 4.30. The number of aromatic hydroxyl groups is 1. The Balaban J connectivity index is 2.03. The molecule has 0 aliphatic rings. The minimum Gasteiger partial charge on any atom is -0.494 e. The van der Waals surface area contributed by atoms with Gasteiger partial charge < -0.3 is 9.84 Å². The maximum absolute atomic E-state index is 13.4. The lowest BCUT2D eigenvalue weighted by Crippen LogP contribution is -2.23. The fourth-order valence-electron chi connectivity index (χ4n) is 3.26. The average molecular weight is 479 g/mol. The zero-order chi connectivity index (χ0) is 23.5. The van der Waals surface area contributed by atoms with Crippen molar-refractivity contribution in [2.45, 2.75) is 6.92 Å². The number of aromatic nitrogens is 2. The highest BCUT2D eigenvalue weighted by atomic mass is 35.5. The van der Waals surface area contributed by atoms with Crippen molar-refractivity contribution >= 4 is 35.2 Å². The number of nitrogens with zero attached hydrogens (tertiary/aromatic N) is 4. The van der Waals surface area contributed by atoms with Gasteiger partial charge in [-0.3, -0.25) is 13.9 Å². The number of methoxy groups -OCH3 is 1. The number of para-hydroxylation sites is 2. The summed E-state index contributed by atoms with van der Waals surface area (Å²) in [5.41, 5.74) is 1.42. The Labute approximate surface area is 199 Å². The van der Waals surface area contributed by atoms with Crippen LogP contribution in [0.5, 0.6) is 11.6 Å². The van der Waals surface area contributed by atoms with Crippen molar-refractivity contribution < 1.29 is 9.84 Å². The smallest absolute Gasteiger partial charge is 0.290 e. The number of hydrogen-bond acceptors (Lipinski definition) is 6. The Hall–Kier alpha value is -3.75. The summed E-state index contributed by atoms with van der Waals surface area (Å²) in [5.74, 6) is -0.00132. The normalized spacial score (nSPS) is 11.1. The van der Waals surface area contributed by atoms with Gasteiger partial charge in [-0.2, -0.15) is 0 Å². The zero-order valence-corrected chi connectivity index (χ0v) is 19.3. The van der Waals surface area contributed by atoms with Crippen LogP contribution in [0.3, 0.4) is 0 Å². The van der Waals surface area contributed by atoms with Crippen LogP contribution in [0.2, 0.25) is 5.02 Å². The number of hydrogen-bond donors (Lipinski definition) is 1. The van der Waals surface area contributed by atoms with Gasteiger partial charge in [0.15, 0.2) is 4.77 Å². The molecule has 1 N–H and O–H groups in total. The minimum absolute atomic E-state index is 0.0331. The maximum Gasteiger partial charge on any atom is 0.290 e. The van der Waals surface area contributed by atoms with E-state index in [4.69, 9.17) is 28.6 Å². The Morgan fingerprint density at radius 1 is 0.939 bits per heavy atom. The van der Waals surface area contributed by atoms with Crippen LogP contribution in [0.25, 0.3) is 11.4 Å². The van der Waals surface area contributed by atoms with E-state index in [-0.39, 0.29) is 10.5 Å². The van der Waals surface area contributed by atoms with Gasteiger partial charge in [0, 0.05) is 0 Å². The molecule has 166 valence electrons. The lowest BCUT2D eigenvalue weighted by Gasteiger charge is -2.16. The minimum atomic E-state index is -0.622. The predicted octanol–water partition coefficient (Wildman–Crippen LogP) is 6.45. The summed E-state index contributed by atoms with van der Waals surface area (Å²) in [6.07, 6.45) is 0.